The van der Waals surface area contributed by atoms with Crippen LogP contribution < -0.4 is 14.7 Å². The topological polar surface area (TPSA) is 72.9 Å². The first-order valence-electron chi connectivity index (χ1n) is 11.7. The van der Waals surface area contributed by atoms with Crippen LogP contribution in [0, 0.1) is 12.8 Å². The Labute approximate surface area is 202 Å². The van der Waals surface area contributed by atoms with Crippen molar-refractivity contribution < 1.29 is 9.59 Å². The standard InChI is InChI=1S/C24H29BrN6O2/c1-17-13-21(28-7-2-3-8-28)27-24(26-17)30-11-9-29(10-12-30)23(33)18-14-22(32)31(16-18)20-6-4-5-19(25)15-20/h4-6,13,15,18H,2-3,7-12,14,16H2,1H3. The van der Waals surface area contributed by atoms with E-state index in [1.807, 2.05) is 36.1 Å². The molecule has 3 fully saturated rings. The molecule has 3 saturated heterocycles. The van der Waals surface area contributed by atoms with Crippen molar-refractivity contribution in [2.45, 2.75) is 26.2 Å². The molecule has 1 aromatic carbocycles. The molecule has 1 atom stereocenters. The second-order valence-electron chi connectivity index (χ2n) is 9.06. The van der Waals surface area contributed by atoms with E-state index >= 15 is 0 Å². The van der Waals surface area contributed by atoms with Gasteiger partial charge in [0.2, 0.25) is 17.8 Å². The van der Waals surface area contributed by atoms with E-state index in [-0.39, 0.29) is 24.2 Å². The summed E-state index contributed by atoms with van der Waals surface area (Å²) < 4.78 is 0.921. The highest BCUT2D eigenvalue weighted by Gasteiger charge is 2.38. The van der Waals surface area contributed by atoms with Crippen molar-refractivity contribution in [1.29, 1.82) is 0 Å². The minimum atomic E-state index is -0.292. The summed E-state index contributed by atoms with van der Waals surface area (Å²) in [5, 5.41) is 0. The Morgan fingerprint density at radius 3 is 2.48 bits per heavy atom. The summed E-state index contributed by atoms with van der Waals surface area (Å²) in [6.07, 6.45) is 2.69. The number of carbonyl (C=O) groups excluding carboxylic acids is 2. The van der Waals surface area contributed by atoms with Gasteiger partial charge in [-0.05, 0) is 38.0 Å². The third-order valence-corrected chi connectivity index (χ3v) is 7.22. The van der Waals surface area contributed by atoms with Gasteiger partial charge in [-0.1, -0.05) is 22.0 Å². The Balaban J connectivity index is 1.21. The number of benzene rings is 1. The third kappa shape index (κ3) is 4.69. The van der Waals surface area contributed by atoms with Crippen LogP contribution in [-0.2, 0) is 9.59 Å². The van der Waals surface area contributed by atoms with Crippen molar-refractivity contribution in [3.63, 3.8) is 0 Å². The zero-order valence-electron chi connectivity index (χ0n) is 18.9. The Morgan fingerprint density at radius 2 is 1.76 bits per heavy atom. The highest BCUT2D eigenvalue weighted by Crippen LogP contribution is 2.29. The molecule has 2 aromatic rings. The molecule has 0 N–H and O–H groups in total. The summed E-state index contributed by atoms with van der Waals surface area (Å²) >= 11 is 3.46. The maximum atomic E-state index is 13.2. The second-order valence-corrected chi connectivity index (χ2v) is 9.97. The Bertz CT molecular complexity index is 1050. The molecule has 33 heavy (non-hydrogen) atoms. The van der Waals surface area contributed by atoms with E-state index in [0.717, 1.165) is 40.7 Å². The first-order chi connectivity index (χ1) is 16.0. The molecule has 8 nitrogen and oxygen atoms in total. The molecule has 1 aromatic heterocycles. The molecular formula is C24H29BrN6O2. The van der Waals surface area contributed by atoms with Crippen molar-refractivity contribution in [1.82, 2.24) is 14.9 Å². The molecular weight excluding hydrogens is 484 g/mol. The maximum Gasteiger partial charge on any atom is 0.228 e. The number of rotatable bonds is 4. The number of nitrogens with zero attached hydrogens (tertiary/aromatic N) is 6. The fourth-order valence-electron chi connectivity index (χ4n) is 4.94. The first kappa shape index (κ1) is 22.1. The predicted molar refractivity (Wildman–Crippen MR) is 132 cm³/mol. The minimum Gasteiger partial charge on any atom is -0.356 e. The molecule has 3 aliphatic heterocycles. The number of aryl methyl sites for hydroxylation is 1. The summed E-state index contributed by atoms with van der Waals surface area (Å²) in [7, 11) is 0. The average molecular weight is 513 g/mol. The normalized spacial score (nSPS) is 21.3. The molecule has 0 bridgehead atoms. The molecule has 5 rings (SSSR count). The molecule has 9 heteroatoms. The van der Waals surface area contributed by atoms with Crippen molar-refractivity contribution in [2.24, 2.45) is 5.92 Å². The maximum absolute atomic E-state index is 13.2. The van der Waals surface area contributed by atoms with Gasteiger partial charge in [0.1, 0.15) is 5.82 Å². The lowest BCUT2D eigenvalue weighted by Crippen LogP contribution is -2.51. The van der Waals surface area contributed by atoms with Gasteiger partial charge in [-0.3, -0.25) is 9.59 Å². The van der Waals surface area contributed by atoms with Crippen LogP contribution in [0.3, 0.4) is 0 Å². The molecule has 0 aliphatic carbocycles. The van der Waals surface area contributed by atoms with Crippen LogP contribution in [0.15, 0.2) is 34.8 Å². The van der Waals surface area contributed by atoms with E-state index in [1.165, 1.54) is 12.8 Å². The van der Waals surface area contributed by atoms with E-state index < -0.39 is 0 Å². The van der Waals surface area contributed by atoms with E-state index in [2.05, 4.69) is 36.8 Å². The minimum absolute atomic E-state index is 0.00712. The van der Waals surface area contributed by atoms with Crippen LogP contribution in [0.4, 0.5) is 17.5 Å². The number of hydrogen-bond donors (Lipinski definition) is 0. The van der Waals surface area contributed by atoms with Gasteiger partial charge < -0.3 is 19.6 Å². The van der Waals surface area contributed by atoms with Crippen molar-refractivity contribution in [3.05, 3.63) is 40.5 Å². The predicted octanol–water partition coefficient (Wildman–Crippen LogP) is 2.85. The quantitative estimate of drug-likeness (QED) is 0.627. The molecule has 0 radical (unpaired) electrons. The molecule has 4 heterocycles. The van der Waals surface area contributed by atoms with Gasteiger partial charge in [0.05, 0.1) is 5.92 Å². The number of aromatic nitrogens is 2. The van der Waals surface area contributed by atoms with Crippen molar-refractivity contribution >= 4 is 45.2 Å². The fourth-order valence-corrected chi connectivity index (χ4v) is 5.32. The van der Waals surface area contributed by atoms with Gasteiger partial charge >= 0.3 is 0 Å². The number of anilines is 3. The molecule has 2 amide bonds. The van der Waals surface area contributed by atoms with Crippen molar-refractivity contribution in [3.8, 4) is 0 Å². The van der Waals surface area contributed by atoms with E-state index in [0.29, 0.717) is 32.7 Å². The monoisotopic (exact) mass is 512 g/mol. The van der Waals surface area contributed by atoms with Crippen LogP contribution in [0.5, 0.6) is 0 Å². The van der Waals surface area contributed by atoms with Gasteiger partial charge in [-0.2, -0.15) is 4.98 Å². The lowest BCUT2D eigenvalue weighted by molar-refractivity contribution is -0.136. The number of carbonyl (C=O) groups is 2. The van der Waals surface area contributed by atoms with Gasteiger partial charge in [-0.15, -0.1) is 0 Å². The number of hydrogen-bond acceptors (Lipinski definition) is 6. The van der Waals surface area contributed by atoms with Crippen LogP contribution in [0.25, 0.3) is 0 Å². The van der Waals surface area contributed by atoms with E-state index in [1.54, 1.807) is 4.90 Å². The smallest absolute Gasteiger partial charge is 0.228 e. The zero-order valence-corrected chi connectivity index (χ0v) is 20.5. The molecule has 0 spiro atoms. The summed E-state index contributed by atoms with van der Waals surface area (Å²) in [5.41, 5.74) is 1.80. The summed E-state index contributed by atoms with van der Waals surface area (Å²) in [6.45, 7) is 7.19. The summed E-state index contributed by atoms with van der Waals surface area (Å²) in [5.74, 6) is 1.54. The lowest BCUT2D eigenvalue weighted by Gasteiger charge is -2.36. The van der Waals surface area contributed by atoms with Crippen molar-refractivity contribution in [2.75, 3.05) is 60.5 Å². The second kappa shape index (κ2) is 9.29. The van der Waals surface area contributed by atoms with Gasteiger partial charge in [0, 0.05) is 74.2 Å². The SMILES string of the molecule is Cc1cc(N2CCCC2)nc(N2CCN(C(=O)C3CC(=O)N(c4cccc(Br)c4)C3)CC2)n1. The first-order valence-corrected chi connectivity index (χ1v) is 12.5. The van der Waals surface area contributed by atoms with Gasteiger partial charge in [-0.25, -0.2) is 4.98 Å². The van der Waals surface area contributed by atoms with Crippen LogP contribution >= 0.6 is 15.9 Å². The lowest BCUT2D eigenvalue weighted by atomic mass is 10.1. The molecule has 0 saturated carbocycles. The number of halogens is 1. The highest BCUT2D eigenvalue weighted by atomic mass is 79.9. The van der Waals surface area contributed by atoms with Gasteiger partial charge in [0.25, 0.3) is 0 Å². The van der Waals surface area contributed by atoms with E-state index in [4.69, 9.17) is 4.98 Å². The molecule has 3 aliphatic rings. The fraction of sp³-hybridized carbons (Fsp3) is 0.500. The number of piperazine rings is 1. The number of amides is 2. The van der Waals surface area contributed by atoms with Crippen LogP contribution in [0.2, 0.25) is 0 Å². The summed E-state index contributed by atoms with van der Waals surface area (Å²) in [4.78, 5) is 43.4. The molecule has 1 unspecified atom stereocenters. The Morgan fingerprint density at radius 1 is 1.00 bits per heavy atom. The van der Waals surface area contributed by atoms with Crippen LogP contribution in [-0.4, -0.2) is 72.5 Å². The Kier molecular flexibility index (Phi) is 6.23. The average Bonchev–Trinajstić information content (AvgIpc) is 3.48. The largest absolute Gasteiger partial charge is 0.356 e. The Hall–Kier alpha value is -2.68. The molecule has 174 valence electrons. The zero-order chi connectivity index (χ0) is 22.9. The third-order valence-electron chi connectivity index (χ3n) is 6.73. The van der Waals surface area contributed by atoms with Crippen LogP contribution in [0.1, 0.15) is 25.0 Å². The highest BCUT2D eigenvalue weighted by molar-refractivity contribution is 9.10. The van der Waals surface area contributed by atoms with E-state index in [9.17, 15) is 9.59 Å². The summed E-state index contributed by atoms with van der Waals surface area (Å²) in [6, 6.07) is 9.72. The van der Waals surface area contributed by atoms with Gasteiger partial charge in [0.15, 0.2) is 0 Å².